The summed E-state index contributed by atoms with van der Waals surface area (Å²) < 4.78 is 0. The molecule has 0 unspecified atom stereocenters. The van der Waals surface area contributed by atoms with E-state index in [0.29, 0.717) is 6.04 Å². The van der Waals surface area contributed by atoms with Crippen molar-refractivity contribution in [2.45, 2.75) is 46.6 Å². The molecule has 0 spiro atoms. The summed E-state index contributed by atoms with van der Waals surface area (Å²) in [6.07, 6.45) is 2.29. The fraction of sp³-hybridized carbons (Fsp3) is 0.882. The highest BCUT2D eigenvalue weighted by molar-refractivity contribution is 14.0. The van der Waals surface area contributed by atoms with E-state index in [1.54, 1.807) is 6.92 Å². The van der Waals surface area contributed by atoms with E-state index in [9.17, 15) is 4.79 Å². The van der Waals surface area contributed by atoms with Crippen molar-refractivity contribution in [1.82, 2.24) is 20.0 Å². The van der Waals surface area contributed by atoms with E-state index in [1.807, 2.05) is 4.90 Å². The third kappa shape index (κ3) is 8.50. The molecule has 0 aromatic carbocycles. The summed E-state index contributed by atoms with van der Waals surface area (Å²) >= 11 is 0. The van der Waals surface area contributed by atoms with E-state index in [-0.39, 0.29) is 29.9 Å². The Labute approximate surface area is 165 Å². The molecule has 1 rings (SSSR count). The Kier molecular flexibility index (Phi) is 12.4. The summed E-state index contributed by atoms with van der Waals surface area (Å²) in [5.41, 5.74) is 0. The van der Waals surface area contributed by atoms with Crippen LogP contribution in [0.5, 0.6) is 0 Å². The van der Waals surface area contributed by atoms with Crippen molar-refractivity contribution in [3.63, 3.8) is 0 Å². The minimum atomic E-state index is 0. The maximum atomic E-state index is 11.4. The number of guanidine groups is 1. The monoisotopic (exact) mass is 453 g/mol. The van der Waals surface area contributed by atoms with Crippen molar-refractivity contribution in [2.24, 2.45) is 4.99 Å². The standard InChI is InChI=1S/C17H35N5O.HI/c1-6-18-17(19-9-7-8-10-20(5)15(2)3)22-13-11-21(12-14-22)16(4)23;/h15H,6-14H2,1-5H3,(H,18,19);1H. The third-order valence-electron chi connectivity index (χ3n) is 4.42. The zero-order valence-corrected chi connectivity index (χ0v) is 18.4. The molecule has 0 bridgehead atoms. The lowest BCUT2D eigenvalue weighted by atomic mass is 10.2. The molecule has 24 heavy (non-hydrogen) atoms. The zero-order valence-electron chi connectivity index (χ0n) is 16.0. The number of carbonyl (C=O) groups excluding carboxylic acids is 1. The first-order valence-electron chi connectivity index (χ1n) is 8.94. The highest BCUT2D eigenvalue weighted by atomic mass is 127. The Balaban J connectivity index is 0.00000529. The van der Waals surface area contributed by atoms with E-state index in [4.69, 9.17) is 4.99 Å². The number of hydrogen-bond acceptors (Lipinski definition) is 3. The maximum Gasteiger partial charge on any atom is 0.219 e. The number of nitrogens with zero attached hydrogens (tertiary/aromatic N) is 4. The molecule has 7 heteroatoms. The lowest BCUT2D eigenvalue weighted by Gasteiger charge is -2.36. The number of nitrogens with one attached hydrogen (secondary N) is 1. The predicted octanol–water partition coefficient (Wildman–Crippen LogP) is 1.85. The first-order valence-corrected chi connectivity index (χ1v) is 8.94. The minimum Gasteiger partial charge on any atom is -0.357 e. The van der Waals surface area contributed by atoms with Gasteiger partial charge in [-0.25, -0.2) is 0 Å². The van der Waals surface area contributed by atoms with Crippen LogP contribution in [-0.2, 0) is 4.79 Å². The Morgan fingerprint density at radius 1 is 1.17 bits per heavy atom. The molecule has 1 aliphatic rings. The molecular formula is C17H36IN5O. The lowest BCUT2D eigenvalue weighted by Crippen LogP contribution is -2.53. The van der Waals surface area contributed by atoms with Gasteiger partial charge in [-0.05, 0) is 47.2 Å². The summed E-state index contributed by atoms with van der Waals surface area (Å²) in [6.45, 7) is 14.4. The number of aliphatic imine (C=N–C) groups is 1. The fourth-order valence-electron chi connectivity index (χ4n) is 2.58. The van der Waals surface area contributed by atoms with Crippen LogP contribution in [0.4, 0.5) is 0 Å². The van der Waals surface area contributed by atoms with Gasteiger partial charge >= 0.3 is 0 Å². The van der Waals surface area contributed by atoms with Crippen LogP contribution in [0.25, 0.3) is 0 Å². The van der Waals surface area contributed by atoms with E-state index in [2.05, 4.69) is 42.9 Å². The van der Waals surface area contributed by atoms with E-state index in [1.165, 1.54) is 6.42 Å². The van der Waals surface area contributed by atoms with Gasteiger partial charge in [-0.1, -0.05) is 0 Å². The summed E-state index contributed by atoms with van der Waals surface area (Å²) in [4.78, 5) is 22.7. The molecule has 0 aromatic heterocycles. The van der Waals surface area contributed by atoms with Gasteiger partial charge in [-0.3, -0.25) is 9.79 Å². The number of unbranched alkanes of at least 4 members (excludes halogenated alkanes) is 1. The molecule has 1 amide bonds. The van der Waals surface area contributed by atoms with Gasteiger partial charge in [0.2, 0.25) is 5.91 Å². The third-order valence-corrected chi connectivity index (χ3v) is 4.42. The minimum absolute atomic E-state index is 0. The highest BCUT2D eigenvalue weighted by Crippen LogP contribution is 2.04. The molecule has 0 saturated carbocycles. The Hall–Kier alpha value is -0.570. The maximum absolute atomic E-state index is 11.4. The van der Waals surface area contributed by atoms with E-state index in [0.717, 1.165) is 58.2 Å². The van der Waals surface area contributed by atoms with Crippen LogP contribution < -0.4 is 5.32 Å². The topological polar surface area (TPSA) is 51.2 Å². The van der Waals surface area contributed by atoms with Crippen molar-refractivity contribution in [3.8, 4) is 0 Å². The largest absolute Gasteiger partial charge is 0.357 e. The Morgan fingerprint density at radius 2 is 1.75 bits per heavy atom. The van der Waals surface area contributed by atoms with Crippen LogP contribution in [0.15, 0.2) is 4.99 Å². The molecule has 1 saturated heterocycles. The number of amides is 1. The first kappa shape index (κ1) is 23.4. The Bertz CT molecular complexity index is 381. The molecular weight excluding hydrogens is 417 g/mol. The van der Waals surface area contributed by atoms with Crippen LogP contribution >= 0.6 is 24.0 Å². The zero-order chi connectivity index (χ0) is 17.2. The molecule has 1 N–H and O–H groups in total. The predicted molar refractivity (Wildman–Crippen MR) is 112 cm³/mol. The van der Waals surface area contributed by atoms with Crippen molar-refractivity contribution < 1.29 is 4.79 Å². The average Bonchev–Trinajstić information content (AvgIpc) is 2.53. The molecule has 6 nitrogen and oxygen atoms in total. The average molecular weight is 453 g/mol. The van der Waals surface area contributed by atoms with Crippen molar-refractivity contribution in [1.29, 1.82) is 0 Å². The van der Waals surface area contributed by atoms with Crippen LogP contribution in [0.3, 0.4) is 0 Å². The number of halogens is 1. The normalized spacial score (nSPS) is 15.7. The molecule has 0 aromatic rings. The second kappa shape index (κ2) is 12.7. The number of hydrogen-bond donors (Lipinski definition) is 1. The van der Waals surface area contributed by atoms with Gasteiger partial charge in [-0.2, -0.15) is 0 Å². The van der Waals surface area contributed by atoms with E-state index >= 15 is 0 Å². The van der Waals surface area contributed by atoms with Gasteiger partial charge < -0.3 is 20.0 Å². The molecule has 142 valence electrons. The summed E-state index contributed by atoms with van der Waals surface area (Å²) in [5.74, 6) is 1.16. The quantitative estimate of drug-likeness (QED) is 0.277. The van der Waals surface area contributed by atoms with Crippen molar-refractivity contribution in [3.05, 3.63) is 0 Å². The van der Waals surface area contributed by atoms with Crippen LogP contribution in [0.1, 0.15) is 40.5 Å². The summed E-state index contributed by atoms with van der Waals surface area (Å²) in [7, 11) is 2.17. The number of carbonyl (C=O) groups is 1. The van der Waals surface area contributed by atoms with Crippen molar-refractivity contribution in [2.75, 3.05) is 52.9 Å². The SMILES string of the molecule is CCNC(=NCCCCN(C)C(C)C)N1CCN(C(C)=O)CC1.I. The Morgan fingerprint density at radius 3 is 2.25 bits per heavy atom. The lowest BCUT2D eigenvalue weighted by molar-refractivity contribution is -0.130. The number of rotatable bonds is 7. The van der Waals surface area contributed by atoms with Crippen LogP contribution in [0.2, 0.25) is 0 Å². The first-order chi connectivity index (χ1) is 11.0. The highest BCUT2D eigenvalue weighted by Gasteiger charge is 2.20. The van der Waals surface area contributed by atoms with Gasteiger partial charge in [0.25, 0.3) is 0 Å². The van der Waals surface area contributed by atoms with Gasteiger partial charge in [0, 0.05) is 52.2 Å². The molecule has 0 atom stereocenters. The molecule has 1 fully saturated rings. The van der Waals surface area contributed by atoms with Gasteiger partial charge in [-0.15, -0.1) is 24.0 Å². The molecule has 1 heterocycles. The van der Waals surface area contributed by atoms with Gasteiger partial charge in [0.1, 0.15) is 0 Å². The molecule has 1 aliphatic heterocycles. The van der Waals surface area contributed by atoms with Gasteiger partial charge in [0.05, 0.1) is 0 Å². The summed E-state index contributed by atoms with van der Waals surface area (Å²) in [5, 5.41) is 3.38. The fourth-order valence-corrected chi connectivity index (χ4v) is 2.58. The van der Waals surface area contributed by atoms with Gasteiger partial charge in [0.15, 0.2) is 5.96 Å². The van der Waals surface area contributed by atoms with Crippen LogP contribution in [-0.4, -0.2) is 85.5 Å². The molecule has 0 aliphatic carbocycles. The smallest absolute Gasteiger partial charge is 0.219 e. The van der Waals surface area contributed by atoms with Crippen molar-refractivity contribution >= 4 is 35.8 Å². The number of piperazine rings is 1. The van der Waals surface area contributed by atoms with Crippen LogP contribution in [0, 0.1) is 0 Å². The second-order valence-corrected chi connectivity index (χ2v) is 6.51. The van der Waals surface area contributed by atoms with E-state index < -0.39 is 0 Å². The molecule has 0 radical (unpaired) electrons. The summed E-state index contributed by atoms with van der Waals surface area (Å²) in [6, 6.07) is 0.605. The second-order valence-electron chi connectivity index (χ2n) is 6.51.